The smallest absolute Gasteiger partial charge is 0.314 e. The maximum Gasteiger partial charge on any atom is 0.314 e. The van der Waals surface area contributed by atoms with Crippen LogP contribution in [0.2, 0.25) is 0 Å². The zero-order valence-electron chi connectivity index (χ0n) is 14.7. The summed E-state index contributed by atoms with van der Waals surface area (Å²) in [5, 5.41) is 13.4. The Morgan fingerprint density at radius 3 is 2.88 bits per heavy atom. The summed E-state index contributed by atoms with van der Waals surface area (Å²) < 4.78 is 2.07. The van der Waals surface area contributed by atoms with Crippen molar-refractivity contribution in [3.8, 4) is 0 Å². The minimum Gasteiger partial charge on any atom is -0.351 e. The van der Waals surface area contributed by atoms with Gasteiger partial charge in [0.05, 0.1) is 16.9 Å². The standard InChI is InChI=1S/C17H21N7O2/c1-9-3-5-19-8-12(9)24-13-10-4-6-20-14(10)21-7-11(13)15(23-24)22-17(26)16(25)18-2/h4,6-7,9,12,19,23H,3,5,8H2,1-2H3,(H,18,25)(H,22,26)/t9-,12+/m1/s1. The molecule has 9 heteroatoms. The molecular weight excluding hydrogens is 334 g/mol. The number of H-pyrrole nitrogens is 1. The van der Waals surface area contributed by atoms with Gasteiger partial charge in [-0.15, -0.1) is 0 Å². The molecule has 1 fully saturated rings. The molecule has 3 aromatic heterocycles. The van der Waals surface area contributed by atoms with Crippen molar-refractivity contribution in [3.05, 3.63) is 18.5 Å². The second kappa shape index (κ2) is 6.41. The highest BCUT2D eigenvalue weighted by Gasteiger charge is 2.27. The van der Waals surface area contributed by atoms with E-state index in [0.717, 1.165) is 35.8 Å². The number of hydrogen-bond donors (Lipinski definition) is 4. The fraction of sp³-hybridized carbons (Fsp3) is 0.412. The van der Waals surface area contributed by atoms with Crippen molar-refractivity contribution < 1.29 is 9.59 Å². The summed E-state index contributed by atoms with van der Waals surface area (Å²) in [6, 6.07) is 2.11. The first-order valence-corrected chi connectivity index (χ1v) is 8.67. The molecular formula is C17H21N7O2. The summed E-state index contributed by atoms with van der Waals surface area (Å²) in [5.41, 5.74) is 1.59. The van der Waals surface area contributed by atoms with Crippen LogP contribution in [-0.4, -0.2) is 51.7 Å². The Balaban J connectivity index is 1.88. The number of carbonyl (C=O) groups excluding carboxylic acids is 2. The molecule has 1 aliphatic heterocycles. The first-order chi connectivity index (χ1) is 12.6. The highest BCUT2D eigenvalue weighted by atomic mass is 16.2. The summed E-state index contributed by atoms with van der Waals surface area (Å²) in [7, 11) is 1.42. The lowest BCUT2D eigenvalue weighted by molar-refractivity contribution is -0.135. The molecule has 0 aliphatic carbocycles. The van der Waals surface area contributed by atoms with Crippen LogP contribution in [-0.2, 0) is 9.59 Å². The molecule has 0 spiro atoms. The van der Waals surface area contributed by atoms with Gasteiger partial charge in [-0.3, -0.25) is 19.4 Å². The van der Waals surface area contributed by atoms with E-state index in [9.17, 15) is 9.59 Å². The molecule has 0 aromatic carbocycles. The number of carbonyl (C=O) groups is 2. The Morgan fingerprint density at radius 1 is 1.27 bits per heavy atom. The number of pyridine rings is 1. The number of aromatic nitrogens is 4. The van der Waals surface area contributed by atoms with Crippen LogP contribution in [0.1, 0.15) is 19.4 Å². The minimum absolute atomic E-state index is 0.192. The fourth-order valence-electron chi connectivity index (χ4n) is 3.57. The lowest BCUT2D eigenvalue weighted by Gasteiger charge is -2.31. The lowest BCUT2D eigenvalue weighted by Crippen LogP contribution is -2.37. The number of piperidine rings is 1. The van der Waals surface area contributed by atoms with Crippen molar-refractivity contribution in [2.24, 2.45) is 5.92 Å². The van der Waals surface area contributed by atoms with E-state index >= 15 is 0 Å². The number of likely N-dealkylation sites (N-methyl/N-ethyl adjacent to an activating group) is 1. The number of hydrogen-bond acceptors (Lipinski definition) is 5. The van der Waals surface area contributed by atoms with Crippen LogP contribution < -0.4 is 16.0 Å². The number of fused-ring (bicyclic) bond motifs is 3. The van der Waals surface area contributed by atoms with E-state index in [0.29, 0.717) is 17.4 Å². The van der Waals surface area contributed by atoms with E-state index in [-0.39, 0.29) is 6.04 Å². The molecule has 4 rings (SSSR count). The second-order valence-corrected chi connectivity index (χ2v) is 6.63. The minimum atomic E-state index is -0.724. The van der Waals surface area contributed by atoms with Crippen molar-refractivity contribution in [2.75, 3.05) is 25.5 Å². The van der Waals surface area contributed by atoms with Gasteiger partial charge in [-0.05, 0) is 24.9 Å². The third-order valence-corrected chi connectivity index (χ3v) is 5.04. The summed E-state index contributed by atoms with van der Waals surface area (Å²) in [4.78, 5) is 32.3. The number of anilines is 1. The van der Waals surface area contributed by atoms with Gasteiger partial charge in [-0.2, -0.15) is 0 Å². The van der Waals surface area contributed by atoms with E-state index in [1.165, 1.54) is 7.05 Å². The quantitative estimate of drug-likeness (QED) is 0.507. The monoisotopic (exact) mass is 355 g/mol. The van der Waals surface area contributed by atoms with Gasteiger partial charge in [0.25, 0.3) is 0 Å². The number of rotatable bonds is 2. The zero-order valence-corrected chi connectivity index (χ0v) is 14.7. The predicted octanol–water partition coefficient (Wildman–Crippen LogP) is 0.768. The molecule has 0 saturated carbocycles. The summed E-state index contributed by atoms with van der Waals surface area (Å²) >= 11 is 0. The Bertz CT molecular complexity index is 990. The van der Waals surface area contributed by atoms with Gasteiger partial charge in [-0.1, -0.05) is 6.92 Å². The van der Waals surface area contributed by atoms with Gasteiger partial charge in [0, 0.05) is 31.4 Å². The molecule has 1 aliphatic rings. The molecule has 0 radical (unpaired) electrons. The van der Waals surface area contributed by atoms with E-state index in [1.807, 2.05) is 6.07 Å². The van der Waals surface area contributed by atoms with Crippen LogP contribution in [0.3, 0.4) is 0 Å². The molecule has 136 valence electrons. The molecule has 2 amide bonds. The average Bonchev–Trinajstić information content (AvgIpc) is 3.26. The Morgan fingerprint density at radius 2 is 2.12 bits per heavy atom. The maximum atomic E-state index is 12.1. The van der Waals surface area contributed by atoms with Crippen LogP contribution >= 0.6 is 0 Å². The molecule has 3 aromatic rings. The number of aromatic amines is 1. The van der Waals surface area contributed by atoms with E-state index < -0.39 is 11.8 Å². The number of amides is 2. The van der Waals surface area contributed by atoms with Crippen LogP contribution in [0.25, 0.3) is 21.9 Å². The van der Waals surface area contributed by atoms with E-state index in [1.54, 1.807) is 12.4 Å². The molecule has 9 nitrogen and oxygen atoms in total. The van der Waals surface area contributed by atoms with Gasteiger partial charge in [-0.25, -0.2) is 9.97 Å². The predicted molar refractivity (Wildman–Crippen MR) is 97.8 cm³/mol. The number of nitrogens with one attached hydrogen (secondary N) is 4. The van der Waals surface area contributed by atoms with Crippen LogP contribution in [0, 0.1) is 5.92 Å². The summed E-state index contributed by atoms with van der Waals surface area (Å²) in [5.74, 6) is -0.506. The highest BCUT2D eigenvalue weighted by Crippen LogP contribution is 2.34. The van der Waals surface area contributed by atoms with E-state index in [4.69, 9.17) is 0 Å². The summed E-state index contributed by atoms with van der Waals surface area (Å²) in [6.07, 6.45) is 4.46. The number of nitrogens with zero attached hydrogens (tertiary/aromatic N) is 3. The van der Waals surface area contributed by atoms with Crippen LogP contribution in [0.15, 0.2) is 18.5 Å². The molecule has 4 heterocycles. The topological polar surface area (TPSA) is 117 Å². The molecule has 1 saturated heterocycles. The average molecular weight is 355 g/mol. The first-order valence-electron chi connectivity index (χ1n) is 8.67. The fourth-order valence-corrected chi connectivity index (χ4v) is 3.57. The molecule has 4 N–H and O–H groups in total. The van der Waals surface area contributed by atoms with Gasteiger partial charge in [0.15, 0.2) is 5.65 Å². The van der Waals surface area contributed by atoms with Crippen molar-refractivity contribution in [3.63, 3.8) is 0 Å². The SMILES string of the molecule is CNC(=O)C(=O)Nc1[nH]n([C@H]2CNCC[C@H]2C)c2c1cnc1nccc12. The molecule has 0 unspecified atom stereocenters. The third-order valence-electron chi connectivity index (χ3n) is 5.04. The van der Waals surface area contributed by atoms with Gasteiger partial charge in [0.1, 0.15) is 5.82 Å². The van der Waals surface area contributed by atoms with Crippen molar-refractivity contribution in [1.29, 1.82) is 0 Å². The lowest BCUT2D eigenvalue weighted by atomic mass is 9.95. The van der Waals surface area contributed by atoms with Crippen molar-refractivity contribution in [2.45, 2.75) is 19.4 Å². The molecule has 26 heavy (non-hydrogen) atoms. The normalized spacial score (nSPS) is 20.4. The molecule has 2 atom stereocenters. The van der Waals surface area contributed by atoms with Gasteiger partial charge < -0.3 is 16.0 Å². The zero-order chi connectivity index (χ0) is 18.3. The van der Waals surface area contributed by atoms with E-state index in [2.05, 4.69) is 42.6 Å². The Labute approximate surface area is 149 Å². The summed E-state index contributed by atoms with van der Waals surface area (Å²) in [6.45, 7) is 4.03. The maximum absolute atomic E-state index is 12.1. The Hall–Kier alpha value is -2.94. The van der Waals surface area contributed by atoms with Crippen molar-refractivity contribution in [1.82, 2.24) is 30.4 Å². The van der Waals surface area contributed by atoms with Crippen LogP contribution in [0.4, 0.5) is 5.82 Å². The highest BCUT2D eigenvalue weighted by molar-refractivity contribution is 6.40. The third kappa shape index (κ3) is 2.60. The first kappa shape index (κ1) is 16.5. The Kier molecular flexibility index (Phi) is 4.08. The van der Waals surface area contributed by atoms with Gasteiger partial charge >= 0.3 is 11.8 Å². The van der Waals surface area contributed by atoms with Crippen LogP contribution in [0.5, 0.6) is 0 Å². The molecule has 0 bridgehead atoms. The van der Waals surface area contributed by atoms with Crippen molar-refractivity contribution >= 4 is 39.6 Å². The van der Waals surface area contributed by atoms with Gasteiger partial charge in [0.2, 0.25) is 0 Å². The largest absolute Gasteiger partial charge is 0.351 e. The second-order valence-electron chi connectivity index (χ2n) is 6.63.